The fourth-order valence-corrected chi connectivity index (χ4v) is 1.28. The highest BCUT2D eigenvalue weighted by molar-refractivity contribution is 5.66. The van der Waals surface area contributed by atoms with Gasteiger partial charge in [0.05, 0.1) is 12.2 Å². The van der Waals surface area contributed by atoms with Crippen molar-refractivity contribution in [1.29, 1.82) is 0 Å². The number of carbonyl (C=O) groups is 1. The Hall–Kier alpha value is -1.39. The van der Waals surface area contributed by atoms with E-state index in [2.05, 4.69) is 0 Å². The molecule has 17 heavy (non-hydrogen) atoms. The van der Waals surface area contributed by atoms with Gasteiger partial charge in [-0.05, 0) is 38.5 Å². The van der Waals surface area contributed by atoms with E-state index in [1.807, 2.05) is 20.8 Å². The van der Waals surface area contributed by atoms with E-state index in [0.717, 1.165) is 0 Å². The Balaban J connectivity index is 2.88. The standard InChI is InChI=1S/C13H19NO3/c1-12(2,3)17-9-13(16,8-15)10-4-6-11(14)7-5-10/h4-8,16H,9,14H2,1-3H3. The summed E-state index contributed by atoms with van der Waals surface area (Å²) in [7, 11) is 0. The first-order valence-corrected chi connectivity index (χ1v) is 5.45. The molecule has 4 heteroatoms. The van der Waals surface area contributed by atoms with Crippen LogP contribution in [0.3, 0.4) is 0 Å². The van der Waals surface area contributed by atoms with E-state index in [4.69, 9.17) is 10.5 Å². The summed E-state index contributed by atoms with van der Waals surface area (Å²) < 4.78 is 5.46. The molecule has 1 rings (SSSR count). The van der Waals surface area contributed by atoms with Crippen molar-refractivity contribution >= 4 is 12.0 Å². The third-order valence-corrected chi connectivity index (χ3v) is 2.33. The normalized spacial score (nSPS) is 15.3. The molecule has 1 aromatic rings. The summed E-state index contributed by atoms with van der Waals surface area (Å²) in [5.74, 6) is 0. The number of aldehydes is 1. The van der Waals surface area contributed by atoms with Crippen LogP contribution in [0, 0.1) is 0 Å². The largest absolute Gasteiger partial charge is 0.399 e. The summed E-state index contributed by atoms with van der Waals surface area (Å²) in [4.78, 5) is 11.1. The van der Waals surface area contributed by atoms with Gasteiger partial charge in [-0.2, -0.15) is 0 Å². The first-order chi connectivity index (χ1) is 7.77. The molecule has 0 spiro atoms. The third kappa shape index (κ3) is 3.84. The number of hydrogen-bond donors (Lipinski definition) is 2. The van der Waals surface area contributed by atoms with Gasteiger partial charge in [-0.15, -0.1) is 0 Å². The molecule has 1 unspecified atom stereocenters. The molecule has 1 atom stereocenters. The molecular formula is C13H19NO3. The summed E-state index contributed by atoms with van der Waals surface area (Å²) in [6, 6.07) is 6.52. The second-order valence-electron chi connectivity index (χ2n) is 5.07. The lowest BCUT2D eigenvalue weighted by Crippen LogP contribution is -2.37. The highest BCUT2D eigenvalue weighted by Crippen LogP contribution is 2.22. The SMILES string of the molecule is CC(C)(C)OCC(O)(C=O)c1ccc(N)cc1. The summed E-state index contributed by atoms with van der Waals surface area (Å²) in [6.45, 7) is 5.51. The average molecular weight is 237 g/mol. The summed E-state index contributed by atoms with van der Waals surface area (Å²) in [6.07, 6.45) is 0.490. The molecule has 0 radical (unpaired) electrons. The van der Waals surface area contributed by atoms with Crippen molar-refractivity contribution in [1.82, 2.24) is 0 Å². The molecule has 0 aliphatic carbocycles. The van der Waals surface area contributed by atoms with Crippen LogP contribution in [0.25, 0.3) is 0 Å². The molecule has 0 amide bonds. The number of nitrogen functional groups attached to an aromatic ring is 1. The molecule has 0 bridgehead atoms. The molecule has 0 heterocycles. The minimum Gasteiger partial charge on any atom is -0.399 e. The van der Waals surface area contributed by atoms with Crippen LogP contribution in [0.1, 0.15) is 26.3 Å². The number of aliphatic hydroxyl groups is 1. The van der Waals surface area contributed by atoms with E-state index >= 15 is 0 Å². The number of benzene rings is 1. The zero-order valence-corrected chi connectivity index (χ0v) is 10.4. The highest BCUT2D eigenvalue weighted by Gasteiger charge is 2.31. The number of nitrogens with two attached hydrogens (primary N) is 1. The van der Waals surface area contributed by atoms with Gasteiger partial charge in [0, 0.05) is 5.69 Å². The van der Waals surface area contributed by atoms with Crippen molar-refractivity contribution in [2.75, 3.05) is 12.3 Å². The van der Waals surface area contributed by atoms with Crippen molar-refractivity contribution in [3.8, 4) is 0 Å². The lowest BCUT2D eigenvalue weighted by molar-refractivity contribution is -0.140. The number of anilines is 1. The Kier molecular flexibility index (Phi) is 3.91. The fourth-order valence-electron chi connectivity index (χ4n) is 1.28. The number of hydrogen-bond acceptors (Lipinski definition) is 4. The Morgan fingerprint density at radius 3 is 2.24 bits per heavy atom. The minimum atomic E-state index is -1.62. The summed E-state index contributed by atoms with van der Waals surface area (Å²) in [5, 5.41) is 10.2. The average Bonchev–Trinajstić information content (AvgIpc) is 2.26. The lowest BCUT2D eigenvalue weighted by atomic mass is 9.96. The van der Waals surface area contributed by atoms with Crippen LogP contribution in [0.5, 0.6) is 0 Å². The van der Waals surface area contributed by atoms with Crippen LogP contribution < -0.4 is 5.73 Å². The molecule has 0 saturated heterocycles. The van der Waals surface area contributed by atoms with Gasteiger partial charge in [-0.1, -0.05) is 12.1 Å². The molecule has 0 aromatic heterocycles. The number of carbonyl (C=O) groups excluding carboxylic acids is 1. The van der Waals surface area contributed by atoms with Crippen LogP contribution in [0.2, 0.25) is 0 Å². The van der Waals surface area contributed by atoms with Crippen molar-refractivity contribution in [2.45, 2.75) is 32.0 Å². The van der Waals surface area contributed by atoms with E-state index in [1.54, 1.807) is 24.3 Å². The predicted octanol–water partition coefficient (Wildman–Crippen LogP) is 1.47. The molecule has 1 aromatic carbocycles. The Morgan fingerprint density at radius 2 is 1.82 bits per heavy atom. The fraction of sp³-hybridized carbons (Fsp3) is 0.462. The highest BCUT2D eigenvalue weighted by atomic mass is 16.5. The molecule has 0 saturated carbocycles. The third-order valence-electron chi connectivity index (χ3n) is 2.33. The summed E-state index contributed by atoms with van der Waals surface area (Å²) >= 11 is 0. The van der Waals surface area contributed by atoms with Gasteiger partial charge >= 0.3 is 0 Å². The van der Waals surface area contributed by atoms with Gasteiger partial charge < -0.3 is 15.6 Å². The van der Waals surface area contributed by atoms with E-state index in [1.165, 1.54) is 0 Å². The number of ether oxygens (including phenoxy) is 1. The summed E-state index contributed by atoms with van der Waals surface area (Å²) in [5.41, 5.74) is 4.58. The predicted molar refractivity (Wildman–Crippen MR) is 66.5 cm³/mol. The van der Waals surface area contributed by atoms with Crippen molar-refractivity contribution in [2.24, 2.45) is 0 Å². The maximum Gasteiger partial charge on any atom is 0.168 e. The maximum atomic E-state index is 11.1. The Bertz CT molecular complexity index is 381. The Morgan fingerprint density at radius 1 is 1.29 bits per heavy atom. The zero-order valence-electron chi connectivity index (χ0n) is 10.4. The quantitative estimate of drug-likeness (QED) is 0.614. The van der Waals surface area contributed by atoms with E-state index in [9.17, 15) is 9.90 Å². The maximum absolute atomic E-state index is 11.1. The molecule has 3 N–H and O–H groups in total. The molecule has 0 fully saturated rings. The van der Waals surface area contributed by atoms with Crippen LogP contribution in [-0.4, -0.2) is 23.6 Å². The lowest BCUT2D eigenvalue weighted by Gasteiger charge is -2.27. The first-order valence-electron chi connectivity index (χ1n) is 5.45. The van der Waals surface area contributed by atoms with Crippen molar-refractivity contribution < 1.29 is 14.6 Å². The topological polar surface area (TPSA) is 72.5 Å². The molecule has 0 aliphatic heterocycles. The van der Waals surface area contributed by atoms with Crippen LogP contribution in [-0.2, 0) is 15.1 Å². The van der Waals surface area contributed by atoms with E-state index in [0.29, 0.717) is 17.5 Å². The zero-order chi connectivity index (χ0) is 13.1. The Labute approximate surface area is 101 Å². The van der Waals surface area contributed by atoms with Gasteiger partial charge in [-0.3, -0.25) is 4.79 Å². The van der Waals surface area contributed by atoms with Gasteiger partial charge in [0.15, 0.2) is 11.9 Å². The van der Waals surface area contributed by atoms with Crippen LogP contribution in [0.4, 0.5) is 5.69 Å². The van der Waals surface area contributed by atoms with Crippen molar-refractivity contribution in [3.05, 3.63) is 29.8 Å². The smallest absolute Gasteiger partial charge is 0.168 e. The van der Waals surface area contributed by atoms with Crippen LogP contribution >= 0.6 is 0 Å². The molecule has 94 valence electrons. The molecule has 4 nitrogen and oxygen atoms in total. The van der Waals surface area contributed by atoms with Gasteiger partial charge in [0.2, 0.25) is 0 Å². The first kappa shape index (κ1) is 13.7. The van der Waals surface area contributed by atoms with Crippen molar-refractivity contribution in [3.63, 3.8) is 0 Å². The van der Waals surface area contributed by atoms with Gasteiger partial charge in [0.1, 0.15) is 0 Å². The van der Waals surface area contributed by atoms with E-state index in [-0.39, 0.29) is 6.61 Å². The van der Waals surface area contributed by atoms with E-state index < -0.39 is 11.2 Å². The minimum absolute atomic E-state index is 0.0794. The van der Waals surface area contributed by atoms with Crippen LogP contribution in [0.15, 0.2) is 24.3 Å². The second kappa shape index (κ2) is 4.85. The number of rotatable bonds is 4. The molecule has 0 aliphatic rings. The molecular weight excluding hydrogens is 218 g/mol. The monoisotopic (exact) mass is 237 g/mol. The second-order valence-corrected chi connectivity index (χ2v) is 5.07. The van der Waals surface area contributed by atoms with Gasteiger partial charge in [0.25, 0.3) is 0 Å². The van der Waals surface area contributed by atoms with Gasteiger partial charge in [-0.25, -0.2) is 0 Å².